The van der Waals surface area contributed by atoms with Gasteiger partial charge in [-0.1, -0.05) is 0 Å². The van der Waals surface area contributed by atoms with Crippen molar-refractivity contribution in [3.05, 3.63) is 0 Å². The Morgan fingerprint density at radius 1 is 0.714 bits per heavy atom. The van der Waals surface area contributed by atoms with Crippen molar-refractivity contribution in [3.63, 3.8) is 0 Å². The van der Waals surface area contributed by atoms with Crippen molar-refractivity contribution in [2.24, 2.45) is 0 Å². The Kier molecular flexibility index (Phi) is 9.57. The van der Waals surface area contributed by atoms with Crippen LogP contribution in [0.5, 0.6) is 0 Å². The van der Waals surface area contributed by atoms with Crippen LogP contribution >= 0.6 is 0 Å². The van der Waals surface area contributed by atoms with Crippen LogP contribution in [-0.2, 0) is 6.15 Å². The predicted octanol–water partition coefficient (Wildman–Crippen LogP) is 5.19. The van der Waals surface area contributed by atoms with E-state index >= 15 is 0 Å². The molecule has 0 amide bonds. The number of rotatable bonds is 10. The molecule has 0 aliphatic carbocycles. The van der Waals surface area contributed by atoms with Crippen molar-refractivity contribution in [2.45, 2.75) is 60.8 Å². The minimum atomic E-state index is -4.55. The van der Waals surface area contributed by atoms with Crippen molar-refractivity contribution >= 4 is 19.2 Å². The molecule has 0 saturated heterocycles. The van der Waals surface area contributed by atoms with Crippen LogP contribution in [0.4, 0.5) is 26.3 Å². The number of halogens is 6. The van der Waals surface area contributed by atoms with E-state index in [9.17, 15) is 26.3 Å². The number of hydrogen-bond acceptors (Lipinski definition) is 2. The first-order valence-corrected chi connectivity index (χ1v) is 13.3. The SMILES string of the molecule is CCC[CH2][Sn]([CH2]CCC)([O]CC(F)(F)F)[O]CC(F)(F)F. The molecule has 21 heavy (non-hydrogen) atoms. The molecule has 0 aromatic carbocycles. The van der Waals surface area contributed by atoms with E-state index in [1.165, 1.54) is 0 Å². The van der Waals surface area contributed by atoms with E-state index in [1.54, 1.807) is 0 Å². The maximum atomic E-state index is 12.3. The number of alkyl halides is 6. The van der Waals surface area contributed by atoms with Crippen molar-refractivity contribution in [1.29, 1.82) is 0 Å². The maximum absolute atomic E-state index is 12.3. The molecule has 0 rings (SSSR count). The predicted molar refractivity (Wildman–Crippen MR) is 69.2 cm³/mol. The Morgan fingerprint density at radius 3 is 1.29 bits per heavy atom. The van der Waals surface area contributed by atoms with Crippen LogP contribution in [0.1, 0.15) is 39.5 Å². The van der Waals surface area contributed by atoms with E-state index in [0.29, 0.717) is 25.7 Å². The molecule has 0 atom stereocenters. The van der Waals surface area contributed by atoms with Gasteiger partial charge in [-0.25, -0.2) is 0 Å². The molecule has 0 unspecified atom stereocenters. The summed E-state index contributed by atoms with van der Waals surface area (Å²) in [4.78, 5) is 0. The van der Waals surface area contributed by atoms with Crippen molar-refractivity contribution in [2.75, 3.05) is 13.2 Å². The van der Waals surface area contributed by atoms with Gasteiger partial charge in [-0.15, -0.1) is 0 Å². The Labute approximate surface area is 126 Å². The molecule has 0 radical (unpaired) electrons. The summed E-state index contributed by atoms with van der Waals surface area (Å²) in [6.45, 7) is 0.608. The van der Waals surface area contributed by atoms with E-state index in [0.717, 1.165) is 0 Å². The van der Waals surface area contributed by atoms with E-state index in [-0.39, 0.29) is 8.87 Å². The summed E-state index contributed by atoms with van der Waals surface area (Å²) in [6, 6.07) is 0. The van der Waals surface area contributed by atoms with Crippen LogP contribution in [0.3, 0.4) is 0 Å². The third-order valence-electron chi connectivity index (χ3n) is 2.82. The van der Waals surface area contributed by atoms with Gasteiger partial charge in [0.25, 0.3) is 0 Å². The molecule has 0 heterocycles. The first-order chi connectivity index (χ1) is 9.54. The van der Waals surface area contributed by atoms with Gasteiger partial charge < -0.3 is 0 Å². The zero-order chi connectivity index (χ0) is 16.6. The average Bonchev–Trinajstić information content (AvgIpc) is 2.35. The van der Waals surface area contributed by atoms with Gasteiger partial charge in [0.1, 0.15) is 0 Å². The van der Waals surface area contributed by atoms with E-state index in [4.69, 9.17) is 6.15 Å². The summed E-state index contributed by atoms with van der Waals surface area (Å²) in [7, 11) is 0. The second-order valence-electron chi connectivity index (χ2n) is 4.93. The first kappa shape index (κ1) is 21.3. The van der Waals surface area contributed by atoms with Crippen molar-refractivity contribution in [3.8, 4) is 0 Å². The van der Waals surface area contributed by atoms with Crippen LogP contribution in [-0.4, -0.2) is 44.8 Å². The first-order valence-electron chi connectivity index (χ1n) is 6.95. The van der Waals surface area contributed by atoms with Crippen LogP contribution < -0.4 is 0 Å². The van der Waals surface area contributed by atoms with Gasteiger partial charge in [0, 0.05) is 0 Å². The van der Waals surface area contributed by atoms with Gasteiger partial charge >= 0.3 is 126 Å². The third-order valence-corrected chi connectivity index (χ3v) is 13.0. The molecule has 0 N–H and O–H groups in total. The molecule has 0 fully saturated rings. The quantitative estimate of drug-likeness (QED) is 0.351. The summed E-state index contributed by atoms with van der Waals surface area (Å²) in [5, 5.41) is 0. The molecule has 128 valence electrons. The van der Waals surface area contributed by atoms with E-state index in [2.05, 4.69) is 0 Å². The van der Waals surface area contributed by atoms with E-state index in [1.807, 2.05) is 13.8 Å². The standard InChI is InChI=1S/2C4H9.2C2H2F3O.Sn/c2*1-3-4-2;2*3-2(4,5)1-6;/h2*1,3-4H2,2H3;2*1H2;/q;;2*-1;+2. The average molecular weight is 431 g/mol. The normalized spacial score (nSPS) is 13.7. The zero-order valence-electron chi connectivity index (χ0n) is 12.2. The molecule has 9 heteroatoms. The molecular formula is C12H22F6O2Sn. The molecule has 2 nitrogen and oxygen atoms in total. The molecule has 0 saturated carbocycles. The van der Waals surface area contributed by atoms with Crippen molar-refractivity contribution in [1.82, 2.24) is 0 Å². The number of hydrogen-bond donors (Lipinski definition) is 0. The van der Waals surface area contributed by atoms with Crippen LogP contribution in [0, 0.1) is 0 Å². The molecular weight excluding hydrogens is 409 g/mol. The molecule has 0 bridgehead atoms. The molecule has 0 aromatic rings. The van der Waals surface area contributed by atoms with Gasteiger partial charge in [-0.3, -0.25) is 0 Å². The minimum absolute atomic E-state index is 0.220. The topological polar surface area (TPSA) is 18.5 Å². The van der Waals surface area contributed by atoms with Gasteiger partial charge in [-0.05, 0) is 0 Å². The van der Waals surface area contributed by atoms with Crippen LogP contribution in [0.15, 0.2) is 0 Å². The van der Waals surface area contributed by atoms with Crippen molar-refractivity contribution < 1.29 is 32.5 Å². The van der Waals surface area contributed by atoms with Crippen LogP contribution in [0.2, 0.25) is 8.87 Å². The zero-order valence-corrected chi connectivity index (χ0v) is 15.1. The monoisotopic (exact) mass is 432 g/mol. The third kappa shape index (κ3) is 11.5. The molecule has 0 aromatic heterocycles. The summed E-state index contributed by atoms with van der Waals surface area (Å²) in [6.07, 6.45) is -6.71. The fourth-order valence-corrected chi connectivity index (χ4v) is 11.9. The molecule has 0 aliphatic heterocycles. The Morgan fingerprint density at radius 2 is 1.05 bits per heavy atom. The summed E-state index contributed by atoms with van der Waals surface area (Å²) >= 11 is -4.35. The fraction of sp³-hybridized carbons (Fsp3) is 1.00. The molecule has 0 aliphatic rings. The Bertz CT molecular complexity index is 252. The second-order valence-corrected chi connectivity index (χ2v) is 14.6. The summed E-state index contributed by atoms with van der Waals surface area (Å²) in [5.41, 5.74) is 0. The number of unbranched alkanes of at least 4 members (excludes halogenated alkanes) is 2. The second kappa shape index (κ2) is 9.44. The Hall–Kier alpha value is 0.299. The fourth-order valence-electron chi connectivity index (χ4n) is 1.77. The van der Waals surface area contributed by atoms with Gasteiger partial charge in [0.05, 0.1) is 0 Å². The summed E-state index contributed by atoms with van der Waals surface area (Å²) in [5.74, 6) is 0. The Balaban J connectivity index is 4.91. The van der Waals surface area contributed by atoms with Crippen LogP contribution in [0.25, 0.3) is 0 Å². The van der Waals surface area contributed by atoms with Gasteiger partial charge in [0.15, 0.2) is 0 Å². The molecule has 0 spiro atoms. The summed E-state index contributed by atoms with van der Waals surface area (Å²) < 4.78 is 84.4. The van der Waals surface area contributed by atoms with Gasteiger partial charge in [-0.2, -0.15) is 0 Å². The van der Waals surface area contributed by atoms with Gasteiger partial charge in [0.2, 0.25) is 0 Å². The van der Waals surface area contributed by atoms with E-state index < -0.39 is 44.8 Å².